The Morgan fingerprint density at radius 1 is 1.24 bits per heavy atom. The van der Waals surface area contributed by atoms with Crippen LogP contribution >= 0.6 is 0 Å². The van der Waals surface area contributed by atoms with Crippen molar-refractivity contribution in [2.75, 3.05) is 13.1 Å². The maximum atomic E-state index is 12.0. The normalized spacial score (nSPS) is 15.7. The summed E-state index contributed by atoms with van der Waals surface area (Å²) < 4.78 is 35.9. The second-order valence-corrected chi connectivity index (χ2v) is 4.25. The second-order valence-electron chi connectivity index (χ2n) is 4.25. The predicted octanol–water partition coefficient (Wildman–Crippen LogP) is 1.98. The van der Waals surface area contributed by atoms with Crippen molar-refractivity contribution in [3.8, 4) is 0 Å². The molecule has 0 saturated carbocycles. The first-order valence-corrected chi connectivity index (χ1v) is 5.63. The number of rotatable bonds is 3. The maximum absolute atomic E-state index is 12.0. The van der Waals surface area contributed by atoms with Crippen molar-refractivity contribution < 1.29 is 13.2 Å². The average Bonchev–Trinajstić information content (AvgIpc) is 2.27. The van der Waals surface area contributed by atoms with Gasteiger partial charge in [-0.1, -0.05) is 18.2 Å². The van der Waals surface area contributed by atoms with E-state index in [2.05, 4.69) is 10.6 Å². The minimum atomic E-state index is -4.14. The SMILES string of the molecule is FC(F)(F)CNCc1ccc2c(c1)CNCC2. The highest BCUT2D eigenvalue weighted by molar-refractivity contribution is 5.33. The van der Waals surface area contributed by atoms with Crippen molar-refractivity contribution in [1.82, 2.24) is 10.6 Å². The molecule has 0 spiro atoms. The van der Waals surface area contributed by atoms with Crippen LogP contribution in [0, 0.1) is 0 Å². The zero-order chi connectivity index (χ0) is 12.3. The van der Waals surface area contributed by atoms with E-state index in [-0.39, 0.29) is 6.54 Å². The summed E-state index contributed by atoms with van der Waals surface area (Å²) in [6, 6.07) is 5.89. The summed E-state index contributed by atoms with van der Waals surface area (Å²) in [6.45, 7) is 1.09. The number of hydrogen-bond donors (Lipinski definition) is 2. The van der Waals surface area contributed by atoms with Crippen LogP contribution in [-0.4, -0.2) is 19.3 Å². The summed E-state index contributed by atoms with van der Waals surface area (Å²) in [5, 5.41) is 5.65. The zero-order valence-corrected chi connectivity index (χ0v) is 9.40. The molecule has 2 nitrogen and oxygen atoms in total. The standard InChI is InChI=1S/C12H15F3N2/c13-12(14,15)8-17-6-9-1-2-10-3-4-16-7-11(10)5-9/h1-2,5,16-17H,3-4,6-8H2. The fourth-order valence-corrected chi connectivity index (χ4v) is 1.99. The van der Waals surface area contributed by atoms with Crippen molar-refractivity contribution in [2.45, 2.75) is 25.7 Å². The largest absolute Gasteiger partial charge is 0.401 e. The Morgan fingerprint density at radius 2 is 2.06 bits per heavy atom. The number of benzene rings is 1. The van der Waals surface area contributed by atoms with Crippen molar-refractivity contribution in [2.24, 2.45) is 0 Å². The van der Waals surface area contributed by atoms with Gasteiger partial charge in [0.15, 0.2) is 0 Å². The maximum Gasteiger partial charge on any atom is 0.401 e. The Bertz CT molecular complexity index is 388. The summed E-state index contributed by atoms with van der Waals surface area (Å²) in [5.74, 6) is 0. The Kier molecular flexibility index (Phi) is 3.69. The van der Waals surface area contributed by atoms with Gasteiger partial charge in [-0.3, -0.25) is 0 Å². The third-order valence-corrected chi connectivity index (χ3v) is 2.81. The lowest BCUT2D eigenvalue weighted by atomic mass is 9.98. The fraction of sp³-hybridized carbons (Fsp3) is 0.500. The topological polar surface area (TPSA) is 24.1 Å². The quantitative estimate of drug-likeness (QED) is 0.849. The van der Waals surface area contributed by atoms with Gasteiger partial charge in [0.05, 0.1) is 6.54 Å². The molecule has 94 valence electrons. The lowest BCUT2D eigenvalue weighted by Crippen LogP contribution is -2.28. The Labute approximate surface area is 98.2 Å². The molecule has 2 rings (SSSR count). The summed E-state index contributed by atoms with van der Waals surface area (Å²) >= 11 is 0. The molecule has 0 bridgehead atoms. The van der Waals surface area contributed by atoms with Gasteiger partial charge in [0.2, 0.25) is 0 Å². The Balaban J connectivity index is 1.93. The van der Waals surface area contributed by atoms with E-state index < -0.39 is 12.7 Å². The molecule has 5 heteroatoms. The van der Waals surface area contributed by atoms with Gasteiger partial charge in [-0.05, 0) is 29.7 Å². The molecule has 2 N–H and O–H groups in total. The molecule has 0 aromatic heterocycles. The van der Waals surface area contributed by atoms with Crippen LogP contribution in [0.25, 0.3) is 0 Å². The van der Waals surface area contributed by atoms with Crippen LogP contribution in [-0.2, 0) is 19.5 Å². The molecule has 1 aliphatic rings. The Morgan fingerprint density at radius 3 is 2.82 bits per heavy atom. The first-order chi connectivity index (χ1) is 8.04. The van der Waals surface area contributed by atoms with Crippen molar-refractivity contribution in [3.05, 3.63) is 34.9 Å². The highest BCUT2D eigenvalue weighted by Crippen LogP contribution is 2.16. The highest BCUT2D eigenvalue weighted by atomic mass is 19.4. The molecule has 1 aromatic carbocycles. The lowest BCUT2D eigenvalue weighted by molar-refractivity contribution is -0.125. The molecular weight excluding hydrogens is 229 g/mol. The van der Waals surface area contributed by atoms with E-state index in [1.165, 1.54) is 11.1 Å². The van der Waals surface area contributed by atoms with Gasteiger partial charge in [0.25, 0.3) is 0 Å². The van der Waals surface area contributed by atoms with E-state index >= 15 is 0 Å². The van der Waals surface area contributed by atoms with Crippen LogP contribution in [0.4, 0.5) is 13.2 Å². The molecule has 0 fully saturated rings. The molecule has 1 heterocycles. The number of fused-ring (bicyclic) bond motifs is 1. The molecule has 0 unspecified atom stereocenters. The molecule has 0 radical (unpaired) electrons. The van der Waals surface area contributed by atoms with Crippen molar-refractivity contribution in [1.29, 1.82) is 0 Å². The predicted molar refractivity (Wildman–Crippen MR) is 59.6 cm³/mol. The van der Waals surface area contributed by atoms with Gasteiger partial charge in [0, 0.05) is 13.1 Å². The smallest absolute Gasteiger partial charge is 0.312 e. The van der Waals surface area contributed by atoms with Crippen molar-refractivity contribution in [3.63, 3.8) is 0 Å². The minimum absolute atomic E-state index is 0.257. The van der Waals surface area contributed by atoms with E-state index in [4.69, 9.17) is 0 Å². The average molecular weight is 244 g/mol. The lowest BCUT2D eigenvalue weighted by Gasteiger charge is -2.18. The van der Waals surface area contributed by atoms with Crippen LogP contribution in [0.1, 0.15) is 16.7 Å². The van der Waals surface area contributed by atoms with Gasteiger partial charge in [-0.2, -0.15) is 13.2 Å². The van der Waals surface area contributed by atoms with E-state index in [1.54, 1.807) is 0 Å². The number of nitrogens with one attached hydrogen (secondary N) is 2. The van der Waals surface area contributed by atoms with E-state index in [0.29, 0.717) is 0 Å². The van der Waals surface area contributed by atoms with Crippen LogP contribution in [0.15, 0.2) is 18.2 Å². The monoisotopic (exact) mass is 244 g/mol. The van der Waals surface area contributed by atoms with Gasteiger partial charge < -0.3 is 10.6 Å². The third-order valence-electron chi connectivity index (χ3n) is 2.81. The van der Waals surface area contributed by atoms with E-state index in [1.807, 2.05) is 18.2 Å². The summed E-state index contributed by atoms with van der Waals surface area (Å²) in [6.07, 6.45) is -3.15. The molecule has 0 amide bonds. The number of hydrogen-bond acceptors (Lipinski definition) is 2. The molecule has 1 aliphatic heterocycles. The number of halogens is 3. The molecule has 0 aliphatic carbocycles. The zero-order valence-electron chi connectivity index (χ0n) is 9.40. The molecule has 0 atom stereocenters. The first-order valence-electron chi connectivity index (χ1n) is 5.63. The highest BCUT2D eigenvalue weighted by Gasteiger charge is 2.26. The van der Waals surface area contributed by atoms with Crippen LogP contribution in [0.2, 0.25) is 0 Å². The summed E-state index contributed by atoms with van der Waals surface area (Å²) in [5.41, 5.74) is 3.39. The van der Waals surface area contributed by atoms with Crippen LogP contribution in [0.5, 0.6) is 0 Å². The van der Waals surface area contributed by atoms with Crippen LogP contribution < -0.4 is 10.6 Å². The molecule has 1 aromatic rings. The first kappa shape index (κ1) is 12.4. The number of alkyl halides is 3. The fourth-order valence-electron chi connectivity index (χ4n) is 1.99. The van der Waals surface area contributed by atoms with Gasteiger partial charge in [0.1, 0.15) is 0 Å². The second kappa shape index (κ2) is 5.06. The van der Waals surface area contributed by atoms with Crippen LogP contribution in [0.3, 0.4) is 0 Å². The van der Waals surface area contributed by atoms with E-state index in [0.717, 1.165) is 25.1 Å². The van der Waals surface area contributed by atoms with Gasteiger partial charge in [-0.15, -0.1) is 0 Å². The van der Waals surface area contributed by atoms with E-state index in [9.17, 15) is 13.2 Å². The molecular formula is C12H15F3N2. The van der Waals surface area contributed by atoms with Crippen molar-refractivity contribution >= 4 is 0 Å². The molecule has 0 saturated heterocycles. The minimum Gasteiger partial charge on any atom is -0.312 e. The summed E-state index contributed by atoms with van der Waals surface area (Å²) in [7, 11) is 0. The summed E-state index contributed by atoms with van der Waals surface area (Å²) in [4.78, 5) is 0. The molecule has 17 heavy (non-hydrogen) atoms. The van der Waals surface area contributed by atoms with Gasteiger partial charge in [-0.25, -0.2) is 0 Å². The van der Waals surface area contributed by atoms with Gasteiger partial charge >= 0.3 is 6.18 Å². The Hall–Kier alpha value is -1.07. The third kappa shape index (κ3) is 3.71.